The first-order valence-electron chi connectivity index (χ1n) is 7.29. The SMILES string of the molecule is CCCOc1c(Cl)cc(/C=N/N2CC(=O)NC2=O)cc1OCC. The second-order valence-electron chi connectivity index (χ2n) is 4.77. The molecule has 0 spiro atoms. The van der Waals surface area contributed by atoms with E-state index >= 15 is 0 Å². The largest absolute Gasteiger partial charge is 0.490 e. The van der Waals surface area contributed by atoms with Gasteiger partial charge in [0.1, 0.15) is 6.54 Å². The first-order valence-corrected chi connectivity index (χ1v) is 7.67. The minimum Gasteiger partial charge on any atom is -0.490 e. The number of carbonyl (C=O) groups is 2. The van der Waals surface area contributed by atoms with Crippen molar-refractivity contribution in [2.45, 2.75) is 20.3 Å². The monoisotopic (exact) mass is 339 g/mol. The Bertz CT molecular complexity index is 633. The maximum Gasteiger partial charge on any atom is 0.344 e. The van der Waals surface area contributed by atoms with Crippen LogP contribution in [0.15, 0.2) is 17.2 Å². The fourth-order valence-corrected chi connectivity index (χ4v) is 2.20. The van der Waals surface area contributed by atoms with Crippen molar-refractivity contribution in [2.24, 2.45) is 5.10 Å². The van der Waals surface area contributed by atoms with Crippen molar-refractivity contribution in [1.29, 1.82) is 0 Å². The lowest BCUT2D eigenvalue weighted by Crippen LogP contribution is -2.24. The van der Waals surface area contributed by atoms with Gasteiger partial charge < -0.3 is 9.47 Å². The molecule has 2 rings (SSSR count). The normalized spacial score (nSPS) is 14.5. The van der Waals surface area contributed by atoms with Crippen LogP contribution in [0, 0.1) is 0 Å². The Balaban J connectivity index is 2.22. The second kappa shape index (κ2) is 7.82. The summed E-state index contributed by atoms with van der Waals surface area (Å²) in [6.07, 6.45) is 2.29. The number of nitrogens with one attached hydrogen (secondary N) is 1. The van der Waals surface area contributed by atoms with E-state index in [1.165, 1.54) is 6.21 Å². The molecule has 1 heterocycles. The van der Waals surface area contributed by atoms with Gasteiger partial charge in [0, 0.05) is 0 Å². The fraction of sp³-hybridized carbons (Fsp3) is 0.400. The quantitative estimate of drug-likeness (QED) is 0.611. The molecule has 8 heteroatoms. The van der Waals surface area contributed by atoms with Crippen molar-refractivity contribution in [3.05, 3.63) is 22.7 Å². The molecular weight excluding hydrogens is 322 g/mol. The number of urea groups is 1. The summed E-state index contributed by atoms with van der Waals surface area (Å²) in [5.41, 5.74) is 0.634. The van der Waals surface area contributed by atoms with Crippen LogP contribution < -0.4 is 14.8 Å². The van der Waals surface area contributed by atoms with E-state index in [0.29, 0.717) is 35.3 Å². The Morgan fingerprint density at radius 3 is 2.74 bits per heavy atom. The number of hydrogen-bond donors (Lipinski definition) is 1. The zero-order chi connectivity index (χ0) is 16.8. The molecule has 1 saturated heterocycles. The van der Waals surface area contributed by atoms with Gasteiger partial charge in [-0.2, -0.15) is 5.10 Å². The molecule has 0 bridgehead atoms. The fourth-order valence-electron chi connectivity index (χ4n) is 1.93. The highest BCUT2D eigenvalue weighted by Gasteiger charge is 2.26. The average molecular weight is 340 g/mol. The van der Waals surface area contributed by atoms with Crippen LogP contribution in [0.1, 0.15) is 25.8 Å². The van der Waals surface area contributed by atoms with Crippen molar-refractivity contribution >= 4 is 29.8 Å². The molecule has 1 fully saturated rings. The lowest BCUT2D eigenvalue weighted by molar-refractivity contribution is -0.118. The maximum atomic E-state index is 11.4. The molecule has 0 unspecified atom stereocenters. The number of nitrogens with zero attached hydrogens (tertiary/aromatic N) is 2. The van der Waals surface area contributed by atoms with Gasteiger partial charge in [0.05, 0.1) is 24.5 Å². The Morgan fingerprint density at radius 1 is 1.35 bits per heavy atom. The number of hydrazone groups is 1. The van der Waals surface area contributed by atoms with Gasteiger partial charge in [0.15, 0.2) is 11.5 Å². The van der Waals surface area contributed by atoms with Crippen molar-refractivity contribution in [1.82, 2.24) is 10.3 Å². The number of rotatable bonds is 7. The molecule has 3 amide bonds. The van der Waals surface area contributed by atoms with Crippen molar-refractivity contribution < 1.29 is 19.1 Å². The number of amides is 3. The molecule has 0 aliphatic carbocycles. The third kappa shape index (κ3) is 4.35. The molecule has 1 aliphatic heterocycles. The highest BCUT2D eigenvalue weighted by atomic mass is 35.5. The Morgan fingerprint density at radius 2 is 2.13 bits per heavy atom. The molecule has 1 N–H and O–H groups in total. The molecule has 0 radical (unpaired) electrons. The van der Waals surface area contributed by atoms with E-state index in [0.717, 1.165) is 11.4 Å². The zero-order valence-corrected chi connectivity index (χ0v) is 13.7. The number of hydrogen-bond acceptors (Lipinski definition) is 5. The molecule has 124 valence electrons. The third-order valence-corrected chi connectivity index (χ3v) is 3.18. The van der Waals surface area contributed by atoms with Crippen LogP contribution in [0.5, 0.6) is 11.5 Å². The highest BCUT2D eigenvalue weighted by Crippen LogP contribution is 2.36. The molecule has 7 nitrogen and oxygen atoms in total. The summed E-state index contributed by atoms with van der Waals surface area (Å²) in [7, 11) is 0. The minimum absolute atomic E-state index is 0.0981. The van der Waals surface area contributed by atoms with Gasteiger partial charge in [-0.3, -0.25) is 10.1 Å². The third-order valence-electron chi connectivity index (χ3n) is 2.90. The van der Waals surface area contributed by atoms with Gasteiger partial charge in [-0.15, -0.1) is 0 Å². The summed E-state index contributed by atoms with van der Waals surface area (Å²) in [5.74, 6) is 0.613. The summed E-state index contributed by atoms with van der Waals surface area (Å²) < 4.78 is 11.2. The van der Waals surface area contributed by atoms with Gasteiger partial charge in [-0.25, -0.2) is 9.80 Å². The Kier molecular flexibility index (Phi) is 5.81. The number of benzene rings is 1. The van der Waals surface area contributed by atoms with E-state index in [4.69, 9.17) is 21.1 Å². The van der Waals surface area contributed by atoms with Crippen LogP contribution in [0.2, 0.25) is 5.02 Å². The molecule has 0 saturated carbocycles. The number of halogens is 1. The summed E-state index contributed by atoms with van der Waals surface area (Å²) in [4.78, 5) is 22.5. The van der Waals surface area contributed by atoms with Crippen LogP contribution in [0.3, 0.4) is 0 Å². The average Bonchev–Trinajstić information content (AvgIpc) is 2.82. The minimum atomic E-state index is -0.551. The van der Waals surface area contributed by atoms with E-state index in [1.807, 2.05) is 13.8 Å². The summed E-state index contributed by atoms with van der Waals surface area (Å²) in [6, 6.07) is 2.83. The predicted octanol–water partition coefficient (Wildman–Crippen LogP) is 2.41. The lowest BCUT2D eigenvalue weighted by atomic mass is 10.2. The van der Waals surface area contributed by atoms with Crippen molar-refractivity contribution in [3.63, 3.8) is 0 Å². The van der Waals surface area contributed by atoms with Crippen LogP contribution in [0.4, 0.5) is 4.79 Å². The van der Waals surface area contributed by atoms with E-state index in [-0.39, 0.29) is 12.5 Å². The van der Waals surface area contributed by atoms with E-state index < -0.39 is 6.03 Å². The van der Waals surface area contributed by atoms with Gasteiger partial charge in [0.2, 0.25) is 5.91 Å². The van der Waals surface area contributed by atoms with Crippen LogP contribution in [-0.2, 0) is 4.79 Å². The summed E-state index contributed by atoms with van der Waals surface area (Å²) >= 11 is 6.24. The molecule has 1 aliphatic rings. The Labute approximate surface area is 139 Å². The summed E-state index contributed by atoms with van der Waals surface area (Å²) in [5, 5.41) is 7.56. The first kappa shape index (κ1) is 17.1. The molecule has 0 aromatic heterocycles. The smallest absolute Gasteiger partial charge is 0.344 e. The highest BCUT2D eigenvalue weighted by molar-refractivity contribution is 6.32. The lowest BCUT2D eigenvalue weighted by Gasteiger charge is -2.14. The van der Waals surface area contributed by atoms with Gasteiger partial charge in [-0.05, 0) is 31.0 Å². The van der Waals surface area contributed by atoms with Crippen molar-refractivity contribution in [2.75, 3.05) is 19.8 Å². The van der Waals surface area contributed by atoms with Crippen molar-refractivity contribution in [3.8, 4) is 11.5 Å². The zero-order valence-electron chi connectivity index (χ0n) is 13.0. The molecule has 23 heavy (non-hydrogen) atoms. The second-order valence-corrected chi connectivity index (χ2v) is 5.17. The number of imide groups is 1. The maximum absolute atomic E-state index is 11.4. The number of ether oxygens (including phenoxy) is 2. The Hall–Kier alpha value is -2.28. The summed E-state index contributed by atoms with van der Waals surface area (Å²) in [6.45, 7) is 4.75. The predicted molar refractivity (Wildman–Crippen MR) is 86.2 cm³/mol. The van der Waals surface area contributed by atoms with Gasteiger partial charge >= 0.3 is 6.03 Å². The van der Waals surface area contributed by atoms with Crippen LogP contribution >= 0.6 is 11.6 Å². The number of carbonyl (C=O) groups excluding carboxylic acids is 2. The topological polar surface area (TPSA) is 80.2 Å². The van der Waals surface area contributed by atoms with E-state index in [9.17, 15) is 9.59 Å². The molecular formula is C15H18ClN3O4. The van der Waals surface area contributed by atoms with E-state index in [1.54, 1.807) is 12.1 Å². The van der Waals surface area contributed by atoms with Crippen LogP contribution in [-0.4, -0.2) is 42.9 Å². The molecule has 0 atom stereocenters. The molecule has 1 aromatic rings. The van der Waals surface area contributed by atoms with E-state index in [2.05, 4.69) is 10.4 Å². The van der Waals surface area contributed by atoms with Gasteiger partial charge in [0.25, 0.3) is 0 Å². The first-order chi connectivity index (χ1) is 11.0. The van der Waals surface area contributed by atoms with Gasteiger partial charge in [-0.1, -0.05) is 18.5 Å². The van der Waals surface area contributed by atoms with Crippen LogP contribution in [0.25, 0.3) is 0 Å². The molecule has 1 aromatic carbocycles. The standard InChI is InChI=1S/C15H18ClN3O4/c1-3-5-23-14-11(16)6-10(7-12(14)22-4-2)8-17-19-9-13(20)18-15(19)21/h6-8H,3-5,9H2,1-2H3,(H,18,20,21)/b17-8+.